The minimum atomic E-state index is -0.589. The molecule has 2 amide bonds. The smallest absolute Gasteiger partial charge is 0.412 e. The SMILES string of the molecule is CN1CCN(CC[C@@H](COC(=O)Nc2cc3ccccc3cn2)N(C)C(=O)CCc2ccccc2Cl)CC1. The van der Waals surface area contributed by atoms with Gasteiger partial charge in [-0.25, -0.2) is 9.78 Å². The van der Waals surface area contributed by atoms with E-state index in [0.717, 1.165) is 49.1 Å². The van der Waals surface area contributed by atoms with E-state index in [0.29, 0.717) is 30.1 Å². The molecule has 1 fully saturated rings. The molecule has 0 bridgehead atoms. The number of hydrogen-bond acceptors (Lipinski definition) is 6. The molecule has 38 heavy (non-hydrogen) atoms. The van der Waals surface area contributed by atoms with Gasteiger partial charge in [-0.05, 0) is 43.0 Å². The Kier molecular flexibility index (Phi) is 9.92. The molecule has 0 spiro atoms. The predicted octanol–water partition coefficient (Wildman–Crippen LogP) is 4.53. The molecule has 2 heterocycles. The number of halogens is 1. The van der Waals surface area contributed by atoms with Crippen molar-refractivity contribution in [3.05, 3.63) is 71.4 Å². The first-order valence-electron chi connectivity index (χ1n) is 13.1. The lowest BCUT2D eigenvalue weighted by Crippen LogP contribution is -2.47. The summed E-state index contributed by atoms with van der Waals surface area (Å²) in [5, 5.41) is 5.35. The van der Waals surface area contributed by atoms with Gasteiger partial charge in [0.15, 0.2) is 0 Å². The van der Waals surface area contributed by atoms with Gasteiger partial charge in [0.25, 0.3) is 0 Å². The van der Waals surface area contributed by atoms with Gasteiger partial charge >= 0.3 is 6.09 Å². The number of anilines is 1. The molecule has 1 N–H and O–H groups in total. The number of aromatic nitrogens is 1. The van der Waals surface area contributed by atoms with Crippen LogP contribution < -0.4 is 5.32 Å². The number of fused-ring (bicyclic) bond motifs is 1. The molecule has 2 aromatic carbocycles. The Morgan fingerprint density at radius 3 is 2.55 bits per heavy atom. The molecule has 202 valence electrons. The first-order chi connectivity index (χ1) is 18.4. The van der Waals surface area contributed by atoms with E-state index in [4.69, 9.17) is 16.3 Å². The third-order valence-electron chi connectivity index (χ3n) is 7.15. The summed E-state index contributed by atoms with van der Waals surface area (Å²) in [4.78, 5) is 36.5. The second-order valence-electron chi connectivity index (χ2n) is 9.82. The van der Waals surface area contributed by atoms with Gasteiger partial charge < -0.3 is 19.4 Å². The third kappa shape index (κ3) is 7.90. The van der Waals surface area contributed by atoms with E-state index in [2.05, 4.69) is 27.1 Å². The highest BCUT2D eigenvalue weighted by Crippen LogP contribution is 2.19. The Morgan fingerprint density at radius 2 is 1.79 bits per heavy atom. The maximum Gasteiger partial charge on any atom is 0.412 e. The number of ether oxygens (including phenoxy) is 1. The summed E-state index contributed by atoms with van der Waals surface area (Å²) in [5.74, 6) is 0.417. The minimum Gasteiger partial charge on any atom is -0.447 e. The normalized spacial score (nSPS) is 15.2. The summed E-state index contributed by atoms with van der Waals surface area (Å²) in [6.07, 6.45) is 2.73. The monoisotopic (exact) mass is 537 g/mol. The van der Waals surface area contributed by atoms with Crippen LogP contribution in [0.1, 0.15) is 18.4 Å². The van der Waals surface area contributed by atoms with Crippen molar-refractivity contribution < 1.29 is 14.3 Å². The van der Waals surface area contributed by atoms with Crippen molar-refractivity contribution in [1.29, 1.82) is 0 Å². The Morgan fingerprint density at radius 1 is 1.08 bits per heavy atom. The zero-order chi connectivity index (χ0) is 26.9. The Hall–Kier alpha value is -3.20. The Balaban J connectivity index is 1.35. The molecule has 1 aromatic heterocycles. The molecule has 1 aliphatic heterocycles. The van der Waals surface area contributed by atoms with Crippen LogP contribution in [0.25, 0.3) is 10.8 Å². The molecule has 8 nitrogen and oxygen atoms in total. The lowest BCUT2D eigenvalue weighted by molar-refractivity contribution is -0.133. The number of piperazine rings is 1. The van der Waals surface area contributed by atoms with Gasteiger partial charge in [0.2, 0.25) is 5.91 Å². The van der Waals surface area contributed by atoms with Crippen LogP contribution in [0.2, 0.25) is 5.02 Å². The summed E-state index contributed by atoms with van der Waals surface area (Å²) in [5.41, 5.74) is 0.948. The number of nitrogens with zero attached hydrogens (tertiary/aromatic N) is 4. The minimum absolute atomic E-state index is 0.00602. The Labute approximate surface area is 229 Å². The summed E-state index contributed by atoms with van der Waals surface area (Å²) in [7, 11) is 3.91. The van der Waals surface area contributed by atoms with Crippen LogP contribution in [0.15, 0.2) is 60.8 Å². The van der Waals surface area contributed by atoms with Crippen LogP contribution >= 0.6 is 11.6 Å². The number of aryl methyl sites for hydroxylation is 1. The molecule has 3 aromatic rings. The molecule has 9 heteroatoms. The van der Waals surface area contributed by atoms with E-state index in [1.165, 1.54) is 0 Å². The van der Waals surface area contributed by atoms with Crippen LogP contribution in [0, 0.1) is 0 Å². The largest absolute Gasteiger partial charge is 0.447 e. The summed E-state index contributed by atoms with van der Waals surface area (Å²) in [6, 6.07) is 17.0. The first-order valence-corrected chi connectivity index (χ1v) is 13.5. The first kappa shape index (κ1) is 27.8. The lowest BCUT2D eigenvalue weighted by atomic mass is 10.1. The molecule has 1 saturated heterocycles. The van der Waals surface area contributed by atoms with E-state index < -0.39 is 6.09 Å². The van der Waals surface area contributed by atoms with E-state index in [1.807, 2.05) is 54.6 Å². The van der Waals surface area contributed by atoms with Gasteiger partial charge in [-0.2, -0.15) is 0 Å². The molecule has 0 aliphatic carbocycles. The number of hydrogen-bond donors (Lipinski definition) is 1. The number of carbonyl (C=O) groups excluding carboxylic acids is 2. The van der Waals surface area contributed by atoms with Gasteiger partial charge in [-0.15, -0.1) is 0 Å². The molecular weight excluding hydrogens is 502 g/mol. The van der Waals surface area contributed by atoms with Gasteiger partial charge in [-0.1, -0.05) is 54.1 Å². The average Bonchev–Trinajstić information content (AvgIpc) is 2.93. The van der Waals surface area contributed by atoms with Crippen molar-refractivity contribution >= 4 is 40.2 Å². The van der Waals surface area contributed by atoms with Gasteiger partial charge in [0.05, 0.1) is 6.04 Å². The number of likely N-dealkylation sites (N-methyl/N-ethyl adjacent to an activating group) is 2. The highest BCUT2D eigenvalue weighted by molar-refractivity contribution is 6.31. The van der Waals surface area contributed by atoms with Crippen molar-refractivity contribution in [2.75, 3.05) is 58.7 Å². The van der Waals surface area contributed by atoms with E-state index in [-0.39, 0.29) is 18.6 Å². The maximum absolute atomic E-state index is 13.1. The highest BCUT2D eigenvalue weighted by atomic mass is 35.5. The zero-order valence-electron chi connectivity index (χ0n) is 22.1. The third-order valence-corrected chi connectivity index (χ3v) is 7.52. The second-order valence-corrected chi connectivity index (χ2v) is 10.2. The van der Waals surface area contributed by atoms with Gasteiger partial charge in [0, 0.05) is 62.8 Å². The topological polar surface area (TPSA) is 78.0 Å². The number of benzene rings is 2. The van der Waals surface area contributed by atoms with E-state index in [9.17, 15) is 9.59 Å². The fourth-order valence-electron chi connectivity index (χ4n) is 4.58. The second kappa shape index (κ2) is 13.6. The quantitative estimate of drug-likeness (QED) is 0.409. The zero-order valence-corrected chi connectivity index (χ0v) is 22.9. The van der Waals surface area contributed by atoms with Crippen molar-refractivity contribution in [2.45, 2.75) is 25.3 Å². The number of nitrogens with one attached hydrogen (secondary N) is 1. The molecule has 1 atom stereocenters. The van der Waals surface area contributed by atoms with Crippen LogP contribution in [0.4, 0.5) is 10.6 Å². The van der Waals surface area contributed by atoms with Crippen LogP contribution in [-0.2, 0) is 16.0 Å². The molecule has 4 rings (SSSR count). The Bertz CT molecular complexity index is 1230. The van der Waals surface area contributed by atoms with Crippen molar-refractivity contribution in [3.8, 4) is 0 Å². The number of rotatable bonds is 10. The average molecular weight is 538 g/mol. The number of amides is 2. The maximum atomic E-state index is 13.1. The number of carbonyl (C=O) groups is 2. The highest BCUT2D eigenvalue weighted by Gasteiger charge is 2.24. The summed E-state index contributed by atoms with van der Waals surface area (Å²) < 4.78 is 5.60. The van der Waals surface area contributed by atoms with Crippen molar-refractivity contribution in [2.24, 2.45) is 0 Å². The van der Waals surface area contributed by atoms with E-state index in [1.54, 1.807) is 18.1 Å². The van der Waals surface area contributed by atoms with Gasteiger partial charge in [-0.3, -0.25) is 10.1 Å². The molecule has 0 saturated carbocycles. The van der Waals surface area contributed by atoms with Crippen molar-refractivity contribution in [3.63, 3.8) is 0 Å². The van der Waals surface area contributed by atoms with Crippen LogP contribution in [0.5, 0.6) is 0 Å². The number of pyridine rings is 1. The fourth-order valence-corrected chi connectivity index (χ4v) is 4.81. The van der Waals surface area contributed by atoms with Crippen molar-refractivity contribution in [1.82, 2.24) is 19.7 Å². The van der Waals surface area contributed by atoms with Crippen LogP contribution in [-0.4, -0.2) is 91.2 Å². The predicted molar refractivity (Wildman–Crippen MR) is 152 cm³/mol. The van der Waals surface area contributed by atoms with Crippen LogP contribution in [0.3, 0.4) is 0 Å². The standard InChI is InChI=1S/C29H36ClN5O3/c1-33-15-17-35(18-16-33)14-13-25(34(2)28(36)12-11-22-7-5-6-10-26(22)30)21-38-29(37)32-27-19-23-8-3-4-9-24(23)20-31-27/h3-10,19-20,25H,11-18,21H2,1-2H3,(H,31,32,37)/t25-/m0/s1. The molecule has 1 aliphatic rings. The summed E-state index contributed by atoms with van der Waals surface area (Å²) in [6.45, 7) is 4.95. The fraction of sp³-hybridized carbons (Fsp3) is 0.414. The molecular formula is C29H36ClN5O3. The van der Waals surface area contributed by atoms with Gasteiger partial charge in [0.1, 0.15) is 12.4 Å². The molecule has 0 unspecified atom stereocenters. The summed E-state index contributed by atoms with van der Waals surface area (Å²) >= 11 is 6.28. The van der Waals surface area contributed by atoms with E-state index >= 15 is 0 Å². The lowest BCUT2D eigenvalue weighted by Gasteiger charge is -2.34. The molecule has 0 radical (unpaired) electrons.